The van der Waals surface area contributed by atoms with Gasteiger partial charge < -0.3 is 10.1 Å². The molecule has 0 aromatic heterocycles. The minimum Gasteiger partial charge on any atom is -0.466 e. The van der Waals surface area contributed by atoms with Crippen LogP contribution in [-0.2, 0) is 16.1 Å². The van der Waals surface area contributed by atoms with E-state index in [0.717, 1.165) is 18.9 Å². The average molecular weight is 303 g/mol. The molecule has 0 radical (unpaired) electrons. The van der Waals surface area contributed by atoms with Crippen molar-refractivity contribution in [2.24, 2.45) is 0 Å². The van der Waals surface area contributed by atoms with Crippen LogP contribution in [0.2, 0.25) is 0 Å². The summed E-state index contributed by atoms with van der Waals surface area (Å²) >= 11 is 0. The van der Waals surface area contributed by atoms with Gasteiger partial charge in [-0.1, -0.05) is 37.6 Å². The Labute approximate surface area is 134 Å². The summed E-state index contributed by atoms with van der Waals surface area (Å²) in [5.41, 5.74) is 2.48. The molecule has 0 atom stereocenters. The van der Waals surface area contributed by atoms with Gasteiger partial charge in [0.1, 0.15) is 0 Å². The van der Waals surface area contributed by atoms with E-state index in [4.69, 9.17) is 4.74 Å². The third kappa shape index (κ3) is 5.13. The number of benzene rings is 1. The molecule has 22 heavy (non-hydrogen) atoms. The fourth-order valence-electron chi connectivity index (χ4n) is 2.68. The molecule has 0 unspecified atom stereocenters. The molecule has 122 valence electrons. The van der Waals surface area contributed by atoms with Crippen LogP contribution in [0.1, 0.15) is 69.9 Å². The molecule has 1 aromatic rings. The van der Waals surface area contributed by atoms with E-state index in [1.54, 1.807) is 0 Å². The number of ether oxygens (including phenoxy) is 1. The van der Waals surface area contributed by atoms with Gasteiger partial charge in [-0.25, -0.2) is 0 Å². The van der Waals surface area contributed by atoms with Crippen molar-refractivity contribution in [3.05, 3.63) is 35.4 Å². The van der Waals surface area contributed by atoms with E-state index in [0.29, 0.717) is 13.0 Å². The molecule has 3 heteroatoms. The minimum absolute atomic E-state index is 0.125. The molecule has 1 aliphatic rings. The molecule has 1 fully saturated rings. The normalized spacial score (nSPS) is 15.4. The molecule has 1 N–H and O–H groups in total. The van der Waals surface area contributed by atoms with Crippen LogP contribution in [-0.4, -0.2) is 18.1 Å². The summed E-state index contributed by atoms with van der Waals surface area (Å²) in [6, 6.07) is 8.91. The van der Waals surface area contributed by atoms with Crippen molar-refractivity contribution >= 4 is 5.97 Å². The van der Waals surface area contributed by atoms with Gasteiger partial charge in [0.05, 0.1) is 13.0 Å². The Bertz CT molecular complexity index is 475. The molecular weight excluding hydrogens is 274 g/mol. The van der Waals surface area contributed by atoms with Crippen molar-refractivity contribution in [3.8, 4) is 0 Å². The molecule has 0 aliphatic heterocycles. The monoisotopic (exact) mass is 303 g/mol. The summed E-state index contributed by atoms with van der Waals surface area (Å²) in [4.78, 5) is 11.7. The second kappa shape index (κ2) is 7.77. The first kappa shape index (κ1) is 17.0. The zero-order valence-electron chi connectivity index (χ0n) is 14.2. The van der Waals surface area contributed by atoms with Crippen molar-refractivity contribution in [2.45, 2.75) is 70.9 Å². The van der Waals surface area contributed by atoms with Crippen LogP contribution in [0.5, 0.6) is 0 Å². The van der Waals surface area contributed by atoms with Gasteiger partial charge in [-0.05, 0) is 50.2 Å². The van der Waals surface area contributed by atoms with E-state index in [-0.39, 0.29) is 11.5 Å². The molecule has 1 saturated carbocycles. The van der Waals surface area contributed by atoms with Gasteiger partial charge >= 0.3 is 5.97 Å². The van der Waals surface area contributed by atoms with Crippen molar-refractivity contribution in [1.29, 1.82) is 0 Å². The molecule has 0 bridgehead atoms. The maximum Gasteiger partial charge on any atom is 0.307 e. The van der Waals surface area contributed by atoms with E-state index in [1.165, 1.54) is 30.4 Å². The Hall–Kier alpha value is -1.35. The zero-order valence-corrected chi connectivity index (χ0v) is 14.2. The Balaban J connectivity index is 1.79. The van der Waals surface area contributed by atoms with Crippen molar-refractivity contribution in [2.75, 3.05) is 6.61 Å². The average Bonchev–Trinajstić information content (AvgIpc) is 2.42. The Morgan fingerprint density at radius 1 is 1.27 bits per heavy atom. The first-order valence-electron chi connectivity index (χ1n) is 8.49. The number of carbonyl (C=O) groups excluding carboxylic acids is 1. The quantitative estimate of drug-likeness (QED) is 0.733. The highest BCUT2D eigenvalue weighted by Gasteiger charge is 2.22. The molecule has 3 nitrogen and oxygen atoms in total. The second-order valence-corrected chi connectivity index (χ2v) is 7.00. The van der Waals surface area contributed by atoms with Gasteiger partial charge in [-0.2, -0.15) is 0 Å². The molecule has 1 aliphatic carbocycles. The predicted octanol–water partition coefficient (Wildman–Crippen LogP) is 4.17. The first-order valence-corrected chi connectivity index (χ1v) is 8.49. The third-order valence-electron chi connectivity index (χ3n) is 4.38. The Morgan fingerprint density at radius 3 is 2.50 bits per heavy atom. The highest BCUT2D eigenvalue weighted by molar-refractivity contribution is 5.70. The first-order chi connectivity index (χ1) is 10.5. The zero-order chi connectivity index (χ0) is 16.0. The van der Waals surface area contributed by atoms with E-state index >= 15 is 0 Å². The van der Waals surface area contributed by atoms with Gasteiger partial charge in [-0.15, -0.1) is 0 Å². The second-order valence-electron chi connectivity index (χ2n) is 7.00. The van der Waals surface area contributed by atoms with Crippen LogP contribution in [0.25, 0.3) is 0 Å². The number of esters is 1. The van der Waals surface area contributed by atoms with E-state index < -0.39 is 0 Å². The van der Waals surface area contributed by atoms with Crippen LogP contribution in [0.15, 0.2) is 24.3 Å². The minimum atomic E-state index is -0.253. The molecular formula is C19H29NO2. The topological polar surface area (TPSA) is 38.3 Å². The Morgan fingerprint density at radius 2 is 1.95 bits per heavy atom. The standard InChI is InChI=1S/C19H29NO2/c1-4-12-22-18(21)13-19(2,3)20-14-15-8-10-17(11-9-15)16-6-5-7-16/h8-11,16,20H,4-7,12-14H2,1-3H3. The molecule has 2 rings (SSSR count). The van der Waals surface area contributed by atoms with Gasteiger partial charge in [-0.3, -0.25) is 4.79 Å². The highest BCUT2D eigenvalue weighted by atomic mass is 16.5. The highest BCUT2D eigenvalue weighted by Crippen LogP contribution is 2.36. The summed E-state index contributed by atoms with van der Waals surface area (Å²) in [5, 5.41) is 3.46. The summed E-state index contributed by atoms with van der Waals surface area (Å²) in [5.74, 6) is 0.659. The molecule has 1 aromatic carbocycles. The number of nitrogens with one attached hydrogen (secondary N) is 1. The lowest BCUT2D eigenvalue weighted by atomic mass is 9.80. The predicted molar refractivity (Wildman–Crippen MR) is 89.8 cm³/mol. The number of rotatable bonds is 8. The fraction of sp³-hybridized carbons (Fsp3) is 0.632. The van der Waals surface area contributed by atoms with Crippen LogP contribution in [0, 0.1) is 0 Å². The molecule has 0 spiro atoms. The van der Waals surface area contributed by atoms with E-state index in [2.05, 4.69) is 29.6 Å². The SMILES string of the molecule is CCCOC(=O)CC(C)(C)NCc1ccc(C2CCC2)cc1. The summed E-state index contributed by atoms with van der Waals surface area (Å²) < 4.78 is 5.16. The lowest BCUT2D eigenvalue weighted by Gasteiger charge is -2.27. The molecule has 0 heterocycles. The van der Waals surface area contributed by atoms with Gasteiger partial charge in [0, 0.05) is 12.1 Å². The fourth-order valence-corrected chi connectivity index (χ4v) is 2.68. The number of hydrogen-bond donors (Lipinski definition) is 1. The van der Waals surface area contributed by atoms with Crippen LogP contribution in [0.4, 0.5) is 0 Å². The van der Waals surface area contributed by atoms with Crippen LogP contribution in [0.3, 0.4) is 0 Å². The Kier molecular flexibility index (Phi) is 6.01. The van der Waals surface area contributed by atoms with Gasteiger partial charge in [0.15, 0.2) is 0 Å². The van der Waals surface area contributed by atoms with E-state index in [1.807, 2.05) is 20.8 Å². The van der Waals surface area contributed by atoms with E-state index in [9.17, 15) is 4.79 Å². The summed E-state index contributed by atoms with van der Waals surface area (Å²) in [7, 11) is 0. The number of carbonyl (C=O) groups is 1. The third-order valence-corrected chi connectivity index (χ3v) is 4.38. The molecule has 0 amide bonds. The van der Waals surface area contributed by atoms with Crippen molar-refractivity contribution in [3.63, 3.8) is 0 Å². The number of hydrogen-bond acceptors (Lipinski definition) is 3. The lowest BCUT2D eigenvalue weighted by Crippen LogP contribution is -2.41. The van der Waals surface area contributed by atoms with Crippen LogP contribution >= 0.6 is 0 Å². The lowest BCUT2D eigenvalue weighted by molar-refractivity contribution is -0.145. The molecule has 0 saturated heterocycles. The maximum atomic E-state index is 11.7. The van der Waals surface area contributed by atoms with Crippen molar-refractivity contribution < 1.29 is 9.53 Å². The van der Waals surface area contributed by atoms with Gasteiger partial charge in [0.25, 0.3) is 0 Å². The van der Waals surface area contributed by atoms with Crippen molar-refractivity contribution in [1.82, 2.24) is 5.32 Å². The van der Waals surface area contributed by atoms with Crippen LogP contribution < -0.4 is 5.32 Å². The largest absolute Gasteiger partial charge is 0.466 e. The smallest absolute Gasteiger partial charge is 0.307 e. The summed E-state index contributed by atoms with van der Waals surface area (Å²) in [6.45, 7) is 7.38. The maximum absolute atomic E-state index is 11.7. The van der Waals surface area contributed by atoms with Gasteiger partial charge in [0.2, 0.25) is 0 Å². The summed E-state index contributed by atoms with van der Waals surface area (Å²) in [6.07, 6.45) is 5.31.